The largest absolute Gasteiger partial charge is 1.00 e. The van der Waals surface area contributed by atoms with E-state index in [-0.39, 0.29) is 17.0 Å². The zero-order valence-corrected chi connectivity index (χ0v) is 12.2. The Morgan fingerprint density at radius 1 is 0.800 bits per heavy atom. The Kier molecular flexibility index (Phi) is 8.83. The number of unbranched alkanes of at least 4 members (excludes halogenated alkanes) is 3. The SMILES string of the molecule is CCCCC[N+]1(CCCC)CCCC1.[Br-]. The Balaban J connectivity index is 0.00000196. The fourth-order valence-electron chi connectivity index (χ4n) is 2.76. The van der Waals surface area contributed by atoms with E-state index >= 15 is 0 Å². The van der Waals surface area contributed by atoms with Crippen molar-refractivity contribution in [1.29, 1.82) is 0 Å². The van der Waals surface area contributed by atoms with Gasteiger partial charge < -0.3 is 21.5 Å². The van der Waals surface area contributed by atoms with Crippen LogP contribution in [0.15, 0.2) is 0 Å². The van der Waals surface area contributed by atoms with Crippen molar-refractivity contribution >= 4 is 0 Å². The lowest BCUT2D eigenvalue weighted by Gasteiger charge is -2.34. The Morgan fingerprint density at radius 3 is 1.87 bits per heavy atom. The van der Waals surface area contributed by atoms with Crippen LogP contribution < -0.4 is 17.0 Å². The van der Waals surface area contributed by atoms with Crippen molar-refractivity contribution in [3.63, 3.8) is 0 Å². The van der Waals surface area contributed by atoms with E-state index in [2.05, 4.69) is 13.8 Å². The highest BCUT2D eigenvalue weighted by atomic mass is 79.9. The minimum absolute atomic E-state index is 0. The van der Waals surface area contributed by atoms with Crippen molar-refractivity contribution in [3.8, 4) is 0 Å². The molecule has 1 aliphatic rings. The summed E-state index contributed by atoms with van der Waals surface area (Å²) in [6.07, 6.45) is 10.0. The topological polar surface area (TPSA) is 0 Å². The first-order valence-corrected chi connectivity index (χ1v) is 6.68. The maximum absolute atomic E-state index is 2.32. The highest BCUT2D eigenvalue weighted by molar-refractivity contribution is 4.55. The van der Waals surface area contributed by atoms with Gasteiger partial charge in [-0.25, -0.2) is 0 Å². The Morgan fingerprint density at radius 2 is 1.33 bits per heavy atom. The van der Waals surface area contributed by atoms with Gasteiger partial charge in [0.25, 0.3) is 0 Å². The predicted molar refractivity (Wildman–Crippen MR) is 63.4 cm³/mol. The fourth-order valence-corrected chi connectivity index (χ4v) is 2.76. The quantitative estimate of drug-likeness (QED) is 0.472. The van der Waals surface area contributed by atoms with Gasteiger partial charge in [0, 0.05) is 12.8 Å². The number of likely N-dealkylation sites (tertiary alicyclic amines) is 1. The summed E-state index contributed by atoms with van der Waals surface area (Å²) in [4.78, 5) is 0. The molecule has 0 atom stereocenters. The molecule has 0 aromatic heterocycles. The van der Waals surface area contributed by atoms with Gasteiger partial charge in [0.15, 0.2) is 0 Å². The van der Waals surface area contributed by atoms with Gasteiger partial charge in [-0.1, -0.05) is 26.7 Å². The van der Waals surface area contributed by atoms with Crippen LogP contribution in [0.25, 0.3) is 0 Å². The van der Waals surface area contributed by atoms with Gasteiger partial charge in [0.05, 0.1) is 26.2 Å². The molecule has 0 saturated carbocycles. The molecule has 15 heavy (non-hydrogen) atoms. The Hall–Kier alpha value is 0.440. The summed E-state index contributed by atoms with van der Waals surface area (Å²) in [6, 6.07) is 0. The third-order valence-corrected chi connectivity index (χ3v) is 3.74. The van der Waals surface area contributed by atoms with Crippen LogP contribution in [0.3, 0.4) is 0 Å². The first kappa shape index (κ1) is 15.4. The lowest BCUT2D eigenvalue weighted by atomic mass is 10.2. The molecule has 1 saturated heterocycles. The van der Waals surface area contributed by atoms with Crippen LogP contribution in [0.4, 0.5) is 0 Å². The van der Waals surface area contributed by atoms with Crippen LogP contribution in [0, 0.1) is 0 Å². The Bertz CT molecular complexity index is 141. The van der Waals surface area contributed by atoms with Gasteiger partial charge >= 0.3 is 0 Å². The van der Waals surface area contributed by atoms with Crippen molar-refractivity contribution in [2.75, 3.05) is 26.2 Å². The third-order valence-electron chi connectivity index (χ3n) is 3.74. The van der Waals surface area contributed by atoms with Crippen LogP contribution in [0.1, 0.15) is 58.8 Å². The molecule has 0 amide bonds. The standard InChI is InChI=1S/C13H28N.BrH/c1-3-5-7-11-14(10-6-4-2)12-8-9-13-14;/h3-13H2,1-2H3;1H/q+1;/p-1. The summed E-state index contributed by atoms with van der Waals surface area (Å²) in [5, 5.41) is 0. The van der Waals surface area contributed by atoms with Crippen molar-refractivity contribution in [3.05, 3.63) is 0 Å². The molecule has 1 aliphatic heterocycles. The maximum atomic E-state index is 2.32. The zero-order chi connectivity index (χ0) is 10.3. The molecular weight excluding hydrogens is 250 g/mol. The molecule has 0 aromatic rings. The fraction of sp³-hybridized carbons (Fsp3) is 1.00. The van der Waals surface area contributed by atoms with Gasteiger partial charge in [0.1, 0.15) is 0 Å². The second-order valence-corrected chi connectivity index (χ2v) is 5.00. The van der Waals surface area contributed by atoms with Crippen LogP contribution >= 0.6 is 0 Å². The molecule has 0 radical (unpaired) electrons. The van der Waals surface area contributed by atoms with E-state index in [0.29, 0.717) is 0 Å². The molecule has 92 valence electrons. The molecule has 0 N–H and O–H groups in total. The molecule has 0 aliphatic carbocycles. The van der Waals surface area contributed by atoms with Gasteiger partial charge in [-0.05, 0) is 19.3 Å². The van der Waals surface area contributed by atoms with E-state index in [4.69, 9.17) is 0 Å². The smallest absolute Gasteiger partial charge is 0.0788 e. The summed E-state index contributed by atoms with van der Waals surface area (Å²) in [6.45, 7) is 10.5. The minimum atomic E-state index is 0. The summed E-state index contributed by atoms with van der Waals surface area (Å²) in [7, 11) is 0. The van der Waals surface area contributed by atoms with E-state index < -0.39 is 0 Å². The van der Waals surface area contributed by atoms with Crippen LogP contribution in [-0.4, -0.2) is 30.7 Å². The molecule has 1 rings (SSSR count). The van der Waals surface area contributed by atoms with E-state index in [1.807, 2.05) is 0 Å². The maximum Gasteiger partial charge on any atom is 0.0788 e. The first-order chi connectivity index (χ1) is 6.83. The predicted octanol–water partition coefficient (Wildman–Crippen LogP) is 0.591. The molecule has 1 fully saturated rings. The van der Waals surface area contributed by atoms with E-state index in [0.717, 1.165) is 0 Å². The third kappa shape index (κ3) is 5.35. The molecule has 0 unspecified atom stereocenters. The van der Waals surface area contributed by atoms with Crippen LogP contribution in [0.5, 0.6) is 0 Å². The minimum Gasteiger partial charge on any atom is -1.00 e. The van der Waals surface area contributed by atoms with Crippen LogP contribution in [-0.2, 0) is 0 Å². The van der Waals surface area contributed by atoms with Gasteiger partial charge in [-0.2, -0.15) is 0 Å². The highest BCUT2D eigenvalue weighted by Gasteiger charge is 2.30. The normalized spacial score (nSPS) is 18.8. The number of nitrogens with zero attached hydrogens (tertiary/aromatic N) is 1. The second kappa shape index (κ2) is 8.58. The number of rotatable bonds is 7. The highest BCUT2D eigenvalue weighted by Crippen LogP contribution is 2.21. The average Bonchev–Trinajstić information content (AvgIpc) is 2.65. The molecule has 0 aromatic carbocycles. The van der Waals surface area contributed by atoms with Crippen molar-refractivity contribution in [1.82, 2.24) is 0 Å². The van der Waals surface area contributed by atoms with Crippen LogP contribution in [0.2, 0.25) is 0 Å². The molecule has 2 heteroatoms. The summed E-state index contributed by atoms with van der Waals surface area (Å²) in [5.74, 6) is 0. The average molecular weight is 278 g/mol. The molecule has 0 bridgehead atoms. The Labute approximate surface area is 107 Å². The van der Waals surface area contributed by atoms with Crippen molar-refractivity contribution < 1.29 is 21.5 Å². The van der Waals surface area contributed by atoms with E-state index in [1.54, 1.807) is 0 Å². The van der Waals surface area contributed by atoms with Gasteiger partial charge in [-0.3, -0.25) is 0 Å². The first-order valence-electron chi connectivity index (χ1n) is 6.68. The number of quaternary nitrogens is 1. The zero-order valence-electron chi connectivity index (χ0n) is 10.6. The number of halogens is 1. The lowest BCUT2D eigenvalue weighted by Crippen LogP contribution is -3.00. The molecule has 0 spiro atoms. The van der Waals surface area contributed by atoms with Crippen molar-refractivity contribution in [2.24, 2.45) is 0 Å². The van der Waals surface area contributed by atoms with E-state index in [9.17, 15) is 0 Å². The molecular formula is C13H28BrN. The van der Waals surface area contributed by atoms with Gasteiger partial charge in [0.2, 0.25) is 0 Å². The molecule has 1 heterocycles. The lowest BCUT2D eigenvalue weighted by molar-refractivity contribution is -0.917. The van der Waals surface area contributed by atoms with E-state index in [1.165, 1.54) is 75.6 Å². The number of hydrogen-bond donors (Lipinski definition) is 0. The monoisotopic (exact) mass is 277 g/mol. The number of hydrogen-bond acceptors (Lipinski definition) is 0. The second-order valence-electron chi connectivity index (χ2n) is 5.00. The summed E-state index contributed by atoms with van der Waals surface area (Å²) >= 11 is 0. The summed E-state index contributed by atoms with van der Waals surface area (Å²) < 4.78 is 1.47. The van der Waals surface area contributed by atoms with Gasteiger partial charge in [-0.15, -0.1) is 0 Å². The summed E-state index contributed by atoms with van der Waals surface area (Å²) in [5.41, 5.74) is 0. The molecule has 1 nitrogen and oxygen atoms in total. The van der Waals surface area contributed by atoms with Crippen molar-refractivity contribution in [2.45, 2.75) is 58.8 Å².